The van der Waals surface area contributed by atoms with E-state index in [1.165, 1.54) is 83.5 Å². The van der Waals surface area contributed by atoms with Gasteiger partial charge in [0.2, 0.25) is 0 Å². The highest BCUT2D eigenvalue weighted by Crippen LogP contribution is 2.14. The number of carboxylic acids is 1. The fraction of sp³-hybridized carbons (Fsp3) is 0.950. The van der Waals surface area contributed by atoms with Crippen LogP contribution in [0.2, 0.25) is 0 Å². The van der Waals surface area contributed by atoms with Gasteiger partial charge in [0.1, 0.15) is 0 Å². The first-order valence-electron chi connectivity index (χ1n) is 10.1. The molecule has 3 nitrogen and oxygen atoms in total. The molecule has 0 fully saturated rings. The standard InChI is InChI=1S/C20H41NO2/c1-2-3-4-5-6-7-8-9-10-11-12-13-14-15-16-19(21)17-18-20(22)23/h19H,2-18,21H2,1H3,(H,22,23). The van der Waals surface area contributed by atoms with Crippen LogP contribution >= 0.6 is 0 Å². The number of carbonyl (C=O) groups is 1. The lowest BCUT2D eigenvalue weighted by molar-refractivity contribution is -0.137. The third-order valence-electron chi connectivity index (χ3n) is 4.66. The molecule has 1 atom stereocenters. The molecule has 0 aliphatic heterocycles. The Bertz CT molecular complexity index is 256. The zero-order valence-electron chi connectivity index (χ0n) is 15.5. The quantitative estimate of drug-likeness (QED) is 0.301. The van der Waals surface area contributed by atoms with Gasteiger partial charge >= 0.3 is 5.97 Å². The maximum Gasteiger partial charge on any atom is 0.303 e. The molecule has 0 amide bonds. The molecule has 0 bridgehead atoms. The number of carboxylic acid groups (broad SMARTS) is 1. The Labute approximate surface area is 144 Å². The van der Waals surface area contributed by atoms with Crippen LogP contribution < -0.4 is 5.73 Å². The van der Waals surface area contributed by atoms with Crippen molar-refractivity contribution in [3.8, 4) is 0 Å². The van der Waals surface area contributed by atoms with Crippen molar-refractivity contribution in [2.24, 2.45) is 5.73 Å². The summed E-state index contributed by atoms with van der Waals surface area (Å²) < 4.78 is 0. The minimum absolute atomic E-state index is 0.0726. The number of hydrogen-bond donors (Lipinski definition) is 2. The van der Waals surface area contributed by atoms with E-state index < -0.39 is 5.97 Å². The van der Waals surface area contributed by atoms with Crippen molar-refractivity contribution in [3.63, 3.8) is 0 Å². The minimum atomic E-state index is -0.735. The average Bonchev–Trinajstić information content (AvgIpc) is 2.53. The van der Waals surface area contributed by atoms with Gasteiger partial charge in [0, 0.05) is 12.5 Å². The fourth-order valence-electron chi connectivity index (χ4n) is 3.05. The third-order valence-corrected chi connectivity index (χ3v) is 4.66. The van der Waals surface area contributed by atoms with Gasteiger partial charge in [0.15, 0.2) is 0 Å². The Kier molecular flexibility index (Phi) is 17.3. The molecule has 23 heavy (non-hydrogen) atoms. The van der Waals surface area contributed by atoms with Crippen molar-refractivity contribution >= 4 is 5.97 Å². The van der Waals surface area contributed by atoms with Crippen LogP contribution in [0.15, 0.2) is 0 Å². The van der Waals surface area contributed by atoms with E-state index in [1.807, 2.05) is 0 Å². The maximum absolute atomic E-state index is 10.4. The SMILES string of the molecule is CCCCCCCCCCCCCCCCC(N)CCC(=O)O. The largest absolute Gasteiger partial charge is 0.481 e. The van der Waals surface area contributed by atoms with Crippen molar-refractivity contribution in [1.29, 1.82) is 0 Å². The summed E-state index contributed by atoms with van der Waals surface area (Å²) in [4.78, 5) is 10.4. The second-order valence-electron chi connectivity index (χ2n) is 7.08. The second kappa shape index (κ2) is 17.8. The highest BCUT2D eigenvalue weighted by molar-refractivity contribution is 5.66. The summed E-state index contributed by atoms with van der Waals surface area (Å²) in [5.41, 5.74) is 5.91. The summed E-state index contributed by atoms with van der Waals surface area (Å²) >= 11 is 0. The lowest BCUT2D eigenvalue weighted by atomic mass is 10.0. The summed E-state index contributed by atoms with van der Waals surface area (Å²) in [6, 6.07) is 0.0726. The van der Waals surface area contributed by atoms with Crippen LogP contribution in [0.5, 0.6) is 0 Å². The van der Waals surface area contributed by atoms with Gasteiger partial charge in [-0.25, -0.2) is 0 Å². The van der Waals surface area contributed by atoms with Gasteiger partial charge in [-0.05, 0) is 12.8 Å². The van der Waals surface area contributed by atoms with Gasteiger partial charge in [0.05, 0.1) is 0 Å². The minimum Gasteiger partial charge on any atom is -0.481 e. The summed E-state index contributed by atoms with van der Waals surface area (Å²) in [6.07, 6.45) is 20.9. The Morgan fingerprint density at radius 1 is 0.739 bits per heavy atom. The molecule has 0 heterocycles. The predicted octanol–water partition coefficient (Wildman–Crippen LogP) is 6.05. The van der Waals surface area contributed by atoms with Gasteiger partial charge in [-0.15, -0.1) is 0 Å². The van der Waals surface area contributed by atoms with Crippen LogP contribution in [-0.2, 0) is 4.79 Å². The van der Waals surface area contributed by atoms with Crippen molar-refractivity contribution < 1.29 is 9.90 Å². The van der Waals surface area contributed by atoms with E-state index in [2.05, 4.69) is 6.92 Å². The molecule has 0 aromatic carbocycles. The molecular weight excluding hydrogens is 286 g/mol. The molecule has 0 aromatic heterocycles. The number of aliphatic carboxylic acids is 1. The van der Waals surface area contributed by atoms with Gasteiger partial charge in [-0.2, -0.15) is 0 Å². The zero-order valence-corrected chi connectivity index (χ0v) is 15.5. The molecule has 3 N–H and O–H groups in total. The van der Waals surface area contributed by atoms with E-state index in [9.17, 15) is 4.79 Å². The second-order valence-corrected chi connectivity index (χ2v) is 7.08. The van der Waals surface area contributed by atoms with Crippen molar-refractivity contribution in [3.05, 3.63) is 0 Å². The first-order valence-corrected chi connectivity index (χ1v) is 10.1. The number of rotatable bonds is 18. The van der Waals surface area contributed by atoms with E-state index in [1.54, 1.807) is 0 Å². The number of unbranched alkanes of at least 4 members (excludes halogenated alkanes) is 13. The predicted molar refractivity (Wildman–Crippen MR) is 99.8 cm³/mol. The molecular formula is C20H41NO2. The number of nitrogens with two attached hydrogens (primary N) is 1. The van der Waals surface area contributed by atoms with Crippen LogP contribution in [0, 0.1) is 0 Å². The molecule has 0 aromatic rings. The van der Waals surface area contributed by atoms with Crippen molar-refractivity contribution in [2.45, 2.75) is 122 Å². The van der Waals surface area contributed by atoms with Gasteiger partial charge in [0.25, 0.3) is 0 Å². The summed E-state index contributed by atoms with van der Waals surface area (Å²) in [5.74, 6) is -0.735. The van der Waals surface area contributed by atoms with Crippen LogP contribution in [0.4, 0.5) is 0 Å². The molecule has 0 aliphatic carbocycles. The molecule has 1 unspecified atom stereocenters. The molecule has 0 rings (SSSR count). The van der Waals surface area contributed by atoms with Crippen LogP contribution in [0.1, 0.15) is 116 Å². The summed E-state index contributed by atoms with van der Waals surface area (Å²) in [5, 5.41) is 8.60. The lowest BCUT2D eigenvalue weighted by Crippen LogP contribution is -2.20. The Hall–Kier alpha value is -0.570. The van der Waals surface area contributed by atoms with Gasteiger partial charge in [-0.1, -0.05) is 96.8 Å². The third kappa shape index (κ3) is 19.4. The smallest absolute Gasteiger partial charge is 0.303 e. The zero-order chi connectivity index (χ0) is 17.2. The molecule has 0 spiro atoms. The summed E-state index contributed by atoms with van der Waals surface area (Å²) in [6.45, 7) is 2.27. The Balaban J connectivity index is 3.09. The Morgan fingerprint density at radius 2 is 1.13 bits per heavy atom. The highest BCUT2D eigenvalue weighted by atomic mass is 16.4. The summed E-state index contributed by atoms with van der Waals surface area (Å²) in [7, 11) is 0. The van der Waals surface area contributed by atoms with Gasteiger partial charge < -0.3 is 10.8 Å². The van der Waals surface area contributed by atoms with Crippen molar-refractivity contribution in [1.82, 2.24) is 0 Å². The monoisotopic (exact) mass is 327 g/mol. The van der Waals surface area contributed by atoms with E-state index >= 15 is 0 Å². The van der Waals surface area contributed by atoms with Crippen LogP contribution in [-0.4, -0.2) is 17.1 Å². The molecule has 0 saturated heterocycles. The Morgan fingerprint density at radius 3 is 1.52 bits per heavy atom. The topological polar surface area (TPSA) is 63.3 Å². The maximum atomic E-state index is 10.4. The van der Waals surface area contributed by atoms with E-state index in [4.69, 9.17) is 10.8 Å². The first kappa shape index (κ1) is 22.4. The van der Waals surface area contributed by atoms with Gasteiger partial charge in [-0.3, -0.25) is 4.79 Å². The van der Waals surface area contributed by atoms with Crippen LogP contribution in [0.3, 0.4) is 0 Å². The van der Waals surface area contributed by atoms with E-state index in [0.717, 1.165) is 12.8 Å². The molecule has 0 saturated carbocycles. The number of hydrogen-bond acceptors (Lipinski definition) is 2. The van der Waals surface area contributed by atoms with Crippen LogP contribution in [0.25, 0.3) is 0 Å². The fourth-order valence-corrected chi connectivity index (χ4v) is 3.05. The van der Waals surface area contributed by atoms with E-state index in [0.29, 0.717) is 6.42 Å². The normalized spacial score (nSPS) is 12.4. The molecule has 0 aliphatic rings. The van der Waals surface area contributed by atoms with E-state index in [-0.39, 0.29) is 12.5 Å². The molecule has 138 valence electrons. The molecule has 3 heteroatoms. The lowest BCUT2D eigenvalue weighted by Gasteiger charge is -2.09. The first-order chi connectivity index (χ1) is 11.2. The highest BCUT2D eigenvalue weighted by Gasteiger charge is 2.05. The van der Waals surface area contributed by atoms with Crippen molar-refractivity contribution in [2.75, 3.05) is 0 Å². The average molecular weight is 328 g/mol. The molecule has 0 radical (unpaired) electrons.